The molecule has 0 saturated heterocycles. The third kappa shape index (κ3) is 3.97. The lowest BCUT2D eigenvalue weighted by atomic mass is 10.1. The molecule has 0 fully saturated rings. The van der Waals surface area contributed by atoms with Gasteiger partial charge in [-0.1, -0.05) is 0 Å². The monoisotopic (exact) mass is 434 g/mol. The highest BCUT2D eigenvalue weighted by Crippen LogP contribution is 2.33. The van der Waals surface area contributed by atoms with Crippen LogP contribution >= 0.6 is 22.7 Å². The lowest BCUT2D eigenvalue weighted by Gasteiger charge is -2.06. The van der Waals surface area contributed by atoms with E-state index in [2.05, 4.69) is 22.8 Å². The van der Waals surface area contributed by atoms with Gasteiger partial charge in [-0.2, -0.15) is 10.5 Å². The Kier molecular flexibility index (Phi) is 6.02. The van der Waals surface area contributed by atoms with Crippen molar-refractivity contribution < 1.29 is 9.59 Å². The molecule has 0 atom stereocenters. The molecule has 0 unspecified atom stereocenters. The second kappa shape index (κ2) is 8.50. The minimum absolute atomic E-state index is 0.351. The summed E-state index contributed by atoms with van der Waals surface area (Å²) in [7, 11) is 0. The van der Waals surface area contributed by atoms with Gasteiger partial charge in [0.2, 0.25) is 0 Å². The summed E-state index contributed by atoms with van der Waals surface area (Å²) in [6.07, 6.45) is 0. The van der Waals surface area contributed by atoms with Crippen LogP contribution in [-0.2, 0) is 0 Å². The van der Waals surface area contributed by atoms with E-state index in [9.17, 15) is 20.1 Å². The van der Waals surface area contributed by atoms with E-state index in [-0.39, 0.29) is 11.8 Å². The number of anilines is 2. The number of hydrogen-bond donors (Lipinski definition) is 2. The van der Waals surface area contributed by atoms with Gasteiger partial charge in [0.15, 0.2) is 0 Å². The van der Waals surface area contributed by atoms with E-state index in [4.69, 9.17) is 0 Å². The van der Waals surface area contributed by atoms with Crippen LogP contribution in [-0.4, -0.2) is 11.8 Å². The van der Waals surface area contributed by atoms with E-state index < -0.39 is 0 Å². The van der Waals surface area contributed by atoms with Gasteiger partial charge in [0.1, 0.15) is 22.1 Å². The predicted octanol–water partition coefficient (Wildman–Crippen LogP) is 5.29. The summed E-state index contributed by atoms with van der Waals surface area (Å²) in [5.41, 5.74) is 3.41. The number of nitrogens with zero attached hydrogens (tertiary/aromatic N) is 2. The number of rotatable bonds is 4. The molecular formula is C22H18N4O2S2. The molecule has 8 heteroatoms. The van der Waals surface area contributed by atoms with Crippen molar-refractivity contribution in [3.8, 4) is 12.1 Å². The van der Waals surface area contributed by atoms with Crippen LogP contribution in [0.2, 0.25) is 0 Å². The van der Waals surface area contributed by atoms with Gasteiger partial charge in [0.25, 0.3) is 11.8 Å². The molecule has 2 aromatic heterocycles. The summed E-state index contributed by atoms with van der Waals surface area (Å²) in [5.74, 6) is -0.702. The molecule has 0 spiro atoms. The number of nitriles is 2. The van der Waals surface area contributed by atoms with E-state index in [0.717, 1.165) is 20.9 Å². The van der Waals surface area contributed by atoms with E-state index in [1.54, 1.807) is 24.3 Å². The quantitative estimate of drug-likeness (QED) is 0.582. The molecule has 0 bridgehead atoms. The third-order valence-electron chi connectivity index (χ3n) is 4.86. The normalized spacial score (nSPS) is 10.2. The zero-order valence-corrected chi connectivity index (χ0v) is 18.5. The largest absolute Gasteiger partial charge is 0.312 e. The highest BCUT2D eigenvalue weighted by atomic mass is 32.1. The standard InChI is InChI=1S/C22H18N4O2S2/c1-11-13(3)29-21(17(11)9-23)25-19(27)15-5-7-16(8-6-15)20(28)26-22-18(10-24)12(2)14(4)30-22/h5-8H,1-4H3,(H,25,27)(H,26,28). The lowest BCUT2D eigenvalue weighted by molar-refractivity contribution is 0.101. The number of nitrogens with one attached hydrogen (secondary N) is 2. The summed E-state index contributed by atoms with van der Waals surface area (Å²) in [6, 6.07) is 10.5. The highest BCUT2D eigenvalue weighted by Gasteiger charge is 2.18. The molecule has 6 nitrogen and oxygen atoms in total. The molecular weight excluding hydrogens is 416 g/mol. The van der Waals surface area contributed by atoms with E-state index in [0.29, 0.717) is 32.3 Å². The molecule has 0 radical (unpaired) electrons. The summed E-state index contributed by atoms with van der Waals surface area (Å²) in [4.78, 5) is 27.1. The Morgan fingerprint density at radius 1 is 0.733 bits per heavy atom. The Labute approximate surface area is 182 Å². The third-order valence-corrected chi connectivity index (χ3v) is 7.10. The summed E-state index contributed by atoms with van der Waals surface area (Å²) < 4.78 is 0. The van der Waals surface area contributed by atoms with Crippen molar-refractivity contribution in [1.29, 1.82) is 10.5 Å². The number of amides is 2. The van der Waals surface area contributed by atoms with Crippen molar-refractivity contribution in [2.24, 2.45) is 0 Å². The fraction of sp³-hybridized carbons (Fsp3) is 0.182. The maximum Gasteiger partial charge on any atom is 0.256 e. The van der Waals surface area contributed by atoms with Crippen LogP contribution in [0.15, 0.2) is 24.3 Å². The number of carbonyl (C=O) groups is 2. The van der Waals surface area contributed by atoms with Gasteiger partial charge in [0, 0.05) is 20.9 Å². The van der Waals surface area contributed by atoms with Crippen molar-refractivity contribution in [3.63, 3.8) is 0 Å². The fourth-order valence-electron chi connectivity index (χ4n) is 2.82. The number of hydrogen-bond acceptors (Lipinski definition) is 6. The van der Waals surface area contributed by atoms with E-state index in [1.807, 2.05) is 27.7 Å². The summed E-state index contributed by atoms with van der Waals surface area (Å²) >= 11 is 2.72. The first-order valence-corrected chi connectivity index (χ1v) is 10.6. The first-order valence-electron chi connectivity index (χ1n) is 8.99. The molecule has 2 amide bonds. The second-order valence-corrected chi connectivity index (χ2v) is 9.13. The van der Waals surface area contributed by atoms with Gasteiger partial charge >= 0.3 is 0 Å². The number of benzene rings is 1. The minimum atomic E-state index is -0.351. The number of carbonyl (C=O) groups excluding carboxylic acids is 2. The van der Waals surface area contributed by atoms with Gasteiger partial charge in [0.05, 0.1) is 11.1 Å². The van der Waals surface area contributed by atoms with Crippen LogP contribution in [0.3, 0.4) is 0 Å². The minimum Gasteiger partial charge on any atom is -0.312 e. The Bertz CT molecular complexity index is 1140. The van der Waals surface area contributed by atoms with E-state index in [1.165, 1.54) is 22.7 Å². The van der Waals surface area contributed by atoms with Crippen LogP contribution in [0.25, 0.3) is 0 Å². The van der Waals surface area contributed by atoms with Gasteiger partial charge in [-0.25, -0.2) is 0 Å². The van der Waals surface area contributed by atoms with Crippen LogP contribution in [0.1, 0.15) is 52.7 Å². The molecule has 2 heterocycles. The van der Waals surface area contributed by atoms with Gasteiger partial charge in [-0.15, -0.1) is 22.7 Å². The van der Waals surface area contributed by atoms with Crippen molar-refractivity contribution >= 4 is 44.5 Å². The van der Waals surface area contributed by atoms with Gasteiger partial charge in [-0.3, -0.25) is 9.59 Å². The topological polar surface area (TPSA) is 106 Å². The zero-order valence-electron chi connectivity index (χ0n) is 16.8. The smallest absolute Gasteiger partial charge is 0.256 e. The maximum atomic E-state index is 12.5. The Morgan fingerprint density at radius 3 is 1.37 bits per heavy atom. The molecule has 2 N–H and O–H groups in total. The zero-order chi connectivity index (χ0) is 22.0. The Morgan fingerprint density at radius 2 is 1.07 bits per heavy atom. The lowest BCUT2D eigenvalue weighted by Crippen LogP contribution is -2.14. The maximum absolute atomic E-state index is 12.5. The molecule has 0 saturated carbocycles. The van der Waals surface area contributed by atoms with Crippen molar-refractivity contribution in [2.45, 2.75) is 27.7 Å². The van der Waals surface area contributed by atoms with Crippen molar-refractivity contribution in [3.05, 3.63) is 67.4 Å². The first kappa shape index (κ1) is 21.3. The number of thiophene rings is 2. The van der Waals surface area contributed by atoms with Crippen LogP contribution in [0.5, 0.6) is 0 Å². The molecule has 3 rings (SSSR count). The van der Waals surface area contributed by atoms with Gasteiger partial charge < -0.3 is 10.6 Å². The van der Waals surface area contributed by atoms with E-state index >= 15 is 0 Å². The first-order chi connectivity index (χ1) is 14.3. The Hall–Kier alpha value is -3.46. The Balaban J connectivity index is 1.75. The summed E-state index contributed by atoms with van der Waals surface area (Å²) in [6.45, 7) is 7.50. The molecule has 0 aliphatic rings. The molecule has 30 heavy (non-hydrogen) atoms. The predicted molar refractivity (Wildman–Crippen MR) is 119 cm³/mol. The SMILES string of the molecule is Cc1sc(NC(=O)c2ccc(C(=O)Nc3sc(C)c(C)c3C#N)cc2)c(C#N)c1C. The average molecular weight is 435 g/mol. The average Bonchev–Trinajstić information content (AvgIpc) is 3.15. The van der Waals surface area contributed by atoms with Gasteiger partial charge in [-0.05, 0) is 63.1 Å². The van der Waals surface area contributed by atoms with Crippen molar-refractivity contribution in [2.75, 3.05) is 10.6 Å². The molecule has 0 aliphatic carbocycles. The fourth-order valence-corrected chi connectivity index (χ4v) is 4.83. The van der Waals surface area contributed by atoms with Crippen molar-refractivity contribution in [1.82, 2.24) is 0 Å². The molecule has 1 aromatic carbocycles. The summed E-state index contributed by atoms with van der Waals surface area (Å²) in [5, 5.41) is 25.2. The molecule has 3 aromatic rings. The second-order valence-electron chi connectivity index (χ2n) is 6.68. The molecule has 0 aliphatic heterocycles. The van der Waals surface area contributed by atoms with Crippen LogP contribution in [0.4, 0.5) is 10.0 Å². The van der Waals surface area contributed by atoms with Crippen LogP contribution in [0, 0.1) is 50.4 Å². The van der Waals surface area contributed by atoms with Crippen LogP contribution < -0.4 is 10.6 Å². The number of aryl methyl sites for hydroxylation is 2. The molecule has 150 valence electrons. The highest BCUT2D eigenvalue weighted by molar-refractivity contribution is 7.17.